The zero-order valence-electron chi connectivity index (χ0n) is 9.67. The molecule has 1 saturated heterocycles. The largest absolute Gasteiger partial charge is 0.495 e. The van der Waals surface area contributed by atoms with Gasteiger partial charge in [0.1, 0.15) is 5.75 Å². The van der Waals surface area contributed by atoms with Crippen LogP contribution in [0.4, 0.5) is 5.69 Å². The minimum absolute atomic E-state index is 0.110. The van der Waals surface area contributed by atoms with E-state index in [9.17, 15) is 4.79 Å². The van der Waals surface area contributed by atoms with Gasteiger partial charge >= 0.3 is 5.97 Å². The molecule has 2 atom stereocenters. The Kier molecular flexibility index (Phi) is 2.24. The molecule has 1 aliphatic carbocycles. The molecule has 4 heteroatoms. The highest BCUT2D eigenvalue weighted by molar-refractivity contribution is 5.76. The van der Waals surface area contributed by atoms with Crippen LogP contribution in [0.1, 0.15) is 0 Å². The van der Waals surface area contributed by atoms with Crippen molar-refractivity contribution in [2.45, 2.75) is 0 Å². The van der Waals surface area contributed by atoms with E-state index in [-0.39, 0.29) is 5.92 Å². The molecule has 90 valence electrons. The Bertz CT molecular complexity index is 448. The van der Waals surface area contributed by atoms with Gasteiger partial charge in [-0.05, 0) is 24.0 Å². The van der Waals surface area contributed by atoms with Crippen molar-refractivity contribution >= 4 is 11.7 Å². The van der Waals surface area contributed by atoms with Gasteiger partial charge in [0, 0.05) is 13.1 Å². The van der Waals surface area contributed by atoms with Crippen molar-refractivity contribution in [3.05, 3.63) is 24.3 Å². The van der Waals surface area contributed by atoms with Crippen molar-refractivity contribution < 1.29 is 14.6 Å². The van der Waals surface area contributed by atoms with Crippen LogP contribution in [0.3, 0.4) is 0 Å². The van der Waals surface area contributed by atoms with E-state index in [1.165, 1.54) is 0 Å². The Balaban J connectivity index is 1.75. The van der Waals surface area contributed by atoms with Crippen LogP contribution in [0, 0.1) is 17.8 Å². The molecular weight excluding hydrogens is 218 g/mol. The van der Waals surface area contributed by atoms with Crippen molar-refractivity contribution in [1.29, 1.82) is 0 Å². The number of hydrogen-bond donors (Lipinski definition) is 1. The van der Waals surface area contributed by atoms with Gasteiger partial charge in [0.2, 0.25) is 0 Å². The second kappa shape index (κ2) is 3.65. The van der Waals surface area contributed by atoms with Gasteiger partial charge in [-0.25, -0.2) is 0 Å². The minimum Gasteiger partial charge on any atom is -0.495 e. The van der Waals surface area contributed by atoms with Gasteiger partial charge in [-0.3, -0.25) is 4.79 Å². The van der Waals surface area contributed by atoms with E-state index in [2.05, 4.69) is 4.90 Å². The first-order valence-corrected chi connectivity index (χ1v) is 5.83. The SMILES string of the molecule is COc1ccccc1N1CC2C(C1)C2C(=O)O. The van der Waals surface area contributed by atoms with E-state index >= 15 is 0 Å². The minimum atomic E-state index is -0.639. The Morgan fingerprint density at radius 3 is 2.59 bits per heavy atom. The summed E-state index contributed by atoms with van der Waals surface area (Å²) in [4.78, 5) is 13.1. The number of aliphatic carboxylic acids is 1. The van der Waals surface area contributed by atoms with Gasteiger partial charge in [-0.15, -0.1) is 0 Å². The third-order valence-corrected chi connectivity index (χ3v) is 3.91. The lowest BCUT2D eigenvalue weighted by Gasteiger charge is -2.23. The lowest BCUT2D eigenvalue weighted by molar-refractivity contribution is -0.139. The number of para-hydroxylation sites is 2. The number of nitrogens with zero attached hydrogens (tertiary/aromatic N) is 1. The second-order valence-corrected chi connectivity index (χ2v) is 4.77. The molecular formula is C13H15NO3. The van der Waals surface area contributed by atoms with Crippen LogP contribution in [0.25, 0.3) is 0 Å². The van der Waals surface area contributed by atoms with E-state index in [1.807, 2.05) is 24.3 Å². The zero-order valence-corrected chi connectivity index (χ0v) is 9.67. The van der Waals surface area contributed by atoms with Crippen LogP contribution < -0.4 is 9.64 Å². The first-order valence-electron chi connectivity index (χ1n) is 5.83. The summed E-state index contributed by atoms with van der Waals surface area (Å²) in [6.45, 7) is 1.67. The van der Waals surface area contributed by atoms with Crippen molar-refractivity contribution in [3.8, 4) is 5.75 Å². The number of ether oxygens (including phenoxy) is 1. The normalized spacial score (nSPS) is 29.9. The van der Waals surface area contributed by atoms with Gasteiger partial charge in [0.25, 0.3) is 0 Å². The molecule has 2 aliphatic rings. The maximum absolute atomic E-state index is 10.9. The third kappa shape index (κ3) is 1.55. The van der Waals surface area contributed by atoms with Crippen molar-refractivity contribution in [1.82, 2.24) is 0 Å². The molecule has 0 spiro atoms. The average Bonchev–Trinajstić information content (AvgIpc) is 2.86. The maximum atomic E-state index is 10.9. The topological polar surface area (TPSA) is 49.8 Å². The molecule has 1 saturated carbocycles. The summed E-state index contributed by atoms with van der Waals surface area (Å²) in [5.74, 6) is 0.774. The Hall–Kier alpha value is -1.71. The smallest absolute Gasteiger partial charge is 0.307 e. The summed E-state index contributed by atoms with van der Waals surface area (Å²) in [5.41, 5.74) is 1.08. The summed E-state index contributed by atoms with van der Waals surface area (Å²) >= 11 is 0. The number of methoxy groups -OCH3 is 1. The molecule has 4 nitrogen and oxygen atoms in total. The predicted molar refractivity (Wildman–Crippen MR) is 63.3 cm³/mol. The van der Waals surface area contributed by atoms with E-state index in [1.54, 1.807) is 7.11 Å². The molecule has 2 unspecified atom stereocenters. The Labute approximate surface area is 99.8 Å². The number of carboxylic acid groups (broad SMARTS) is 1. The summed E-state index contributed by atoms with van der Waals surface area (Å²) in [6, 6.07) is 7.89. The number of fused-ring (bicyclic) bond motifs is 1. The summed E-state index contributed by atoms with van der Waals surface area (Å²) in [5, 5.41) is 8.97. The van der Waals surface area contributed by atoms with Crippen molar-refractivity contribution in [2.75, 3.05) is 25.1 Å². The molecule has 2 fully saturated rings. The third-order valence-electron chi connectivity index (χ3n) is 3.91. The number of anilines is 1. The van der Waals surface area contributed by atoms with Gasteiger partial charge in [-0.2, -0.15) is 0 Å². The van der Waals surface area contributed by atoms with Crippen molar-refractivity contribution in [3.63, 3.8) is 0 Å². The highest BCUT2D eigenvalue weighted by Gasteiger charge is 2.59. The van der Waals surface area contributed by atoms with E-state index < -0.39 is 5.97 Å². The highest BCUT2D eigenvalue weighted by Crippen LogP contribution is 2.53. The first kappa shape index (κ1) is 10.4. The fourth-order valence-electron chi connectivity index (χ4n) is 2.98. The first-order chi connectivity index (χ1) is 8.22. The fourth-order valence-corrected chi connectivity index (χ4v) is 2.98. The molecule has 0 amide bonds. The van der Waals surface area contributed by atoms with E-state index in [0.29, 0.717) is 11.8 Å². The monoisotopic (exact) mass is 233 g/mol. The van der Waals surface area contributed by atoms with Crippen LogP contribution in [0.5, 0.6) is 5.75 Å². The van der Waals surface area contributed by atoms with Gasteiger partial charge in [-0.1, -0.05) is 12.1 Å². The maximum Gasteiger partial charge on any atom is 0.307 e. The summed E-state index contributed by atoms with van der Waals surface area (Å²) in [7, 11) is 1.66. The Morgan fingerprint density at radius 1 is 1.35 bits per heavy atom. The summed E-state index contributed by atoms with van der Waals surface area (Å²) < 4.78 is 5.32. The number of benzene rings is 1. The molecule has 1 N–H and O–H groups in total. The number of piperidine rings is 1. The van der Waals surface area contributed by atoms with Gasteiger partial charge in [0.05, 0.1) is 18.7 Å². The molecule has 0 aromatic heterocycles. The van der Waals surface area contributed by atoms with Crippen LogP contribution >= 0.6 is 0 Å². The van der Waals surface area contributed by atoms with E-state index in [0.717, 1.165) is 24.5 Å². The van der Waals surface area contributed by atoms with Crippen LogP contribution in [-0.4, -0.2) is 31.3 Å². The van der Waals surface area contributed by atoms with Crippen LogP contribution in [0.15, 0.2) is 24.3 Å². The van der Waals surface area contributed by atoms with Crippen molar-refractivity contribution in [2.24, 2.45) is 17.8 Å². The van der Waals surface area contributed by atoms with Crippen LogP contribution in [-0.2, 0) is 4.79 Å². The van der Waals surface area contributed by atoms with Gasteiger partial charge in [0.15, 0.2) is 0 Å². The molecule has 1 aromatic rings. The van der Waals surface area contributed by atoms with Crippen LogP contribution in [0.2, 0.25) is 0 Å². The molecule has 3 rings (SSSR count). The number of carboxylic acids is 1. The molecule has 1 aromatic carbocycles. The second-order valence-electron chi connectivity index (χ2n) is 4.77. The number of carbonyl (C=O) groups is 1. The molecule has 0 bridgehead atoms. The highest BCUT2D eigenvalue weighted by atomic mass is 16.5. The molecule has 1 heterocycles. The van der Waals surface area contributed by atoms with E-state index in [4.69, 9.17) is 9.84 Å². The van der Waals surface area contributed by atoms with Gasteiger partial charge < -0.3 is 14.7 Å². The fraction of sp³-hybridized carbons (Fsp3) is 0.462. The molecule has 1 aliphatic heterocycles. The Morgan fingerprint density at radius 2 is 2.00 bits per heavy atom. The summed E-state index contributed by atoms with van der Waals surface area (Å²) in [6.07, 6.45) is 0. The lowest BCUT2D eigenvalue weighted by Crippen LogP contribution is -2.26. The molecule has 17 heavy (non-hydrogen) atoms. The lowest BCUT2D eigenvalue weighted by atomic mass is 10.2. The molecule has 0 radical (unpaired) electrons. The average molecular weight is 233 g/mol. The zero-order chi connectivity index (χ0) is 12.0. The number of rotatable bonds is 3. The number of hydrogen-bond acceptors (Lipinski definition) is 3. The standard InChI is InChI=1S/C13H15NO3/c1-17-11-5-3-2-4-10(11)14-6-8-9(7-14)12(8)13(15)16/h2-5,8-9,12H,6-7H2,1H3,(H,15,16). The predicted octanol–water partition coefficient (Wildman–Crippen LogP) is 1.46. The quantitative estimate of drug-likeness (QED) is 0.858.